The molecule has 1 aromatic carbocycles. The smallest absolute Gasteiger partial charge is 0.336 e. The maximum atomic E-state index is 11.9. The Balaban J connectivity index is 2.60. The molecule has 0 heterocycles. The zero-order valence-electron chi connectivity index (χ0n) is 15.6. The lowest BCUT2D eigenvalue weighted by atomic mass is 9.82. The number of allylic oxidation sites excluding steroid dienone is 5. The molecule has 1 N–H and O–H groups in total. The van der Waals surface area contributed by atoms with Gasteiger partial charge in [0.15, 0.2) is 0 Å². The molecule has 0 radical (unpaired) electrons. The lowest BCUT2D eigenvalue weighted by Gasteiger charge is -2.22. The van der Waals surface area contributed by atoms with Gasteiger partial charge in [0.05, 0.1) is 5.57 Å². The van der Waals surface area contributed by atoms with Crippen molar-refractivity contribution in [1.29, 1.82) is 0 Å². The van der Waals surface area contributed by atoms with Gasteiger partial charge in [0.25, 0.3) is 0 Å². The second-order valence-electron chi connectivity index (χ2n) is 7.95. The van der Waals surface area contributed by atoms with E-state index in [0.717, 1.165) is 17.6 Å². The quantitative estimate of drug-likeness (QED) is 0.575. The first-order valence-corrected chi connectivity index (χ1v) is 8.49. The van der Waals surface area contributed by atoms with Crippen LogP contribution in [0, 0.1) is 0 Å². The summed E-state index contributed by atoms with van der Waals surface area (Å²) in [5, 5.41) is 9.73. The van der Waals surface area contributed by atoms with Crippen LogP contribution in [0.25, 0.3) is 5.57 Å². The molecule has 24 heavy (non-hydrogen) atoms. The Kier molecular flexibility index (Phi) is 4.89. The van der Waals surface area contributed by atoms with Gasteiger partial charge in [0.1, 0.15) is 0 Å². The molecule has 0 unspecified atom stereocenters. The molecule has 0 saturated heterocycles. The predicted octanol–water partition coefficient (Wildman–Crippen LogP) is 5.64. The van der Waals surface area contributed by atoms with E-state index < -0.39 is 5.97 Å². The highest BCUT2D eigenvalue weighted by Gasteiger charge is 2.41. The van der Waals surface area contributed by atoms with Crippen molar-refractivity contribution in [2.24, 2.45) is 0 Å². The average Bonchev–Trinajstić information content (AvgIpc) is 2.64. The molecule has 0 aromatic heterocycles. The van der Waals surface area contributed by atoms with Crippen LogP contribution in [-0.2, 0) is 15.6 Å². The number of aliphatic carboxylic acids is 1. The van der Waals surface area contributed by atoms with Crippen LogP contribution in [0.4, 0.5) is 0 Å². The van der Waals surface area contributed by atoms with Crippen LogP contribution in [0.2, 0.25) is 0 Å². The van der Waals surface area contributed by atoms with E-state index in [0.29, 0.717) is 5.57 Å². The van der Waals surface area contributed by atoms with Crippen LogP contribution in [0.3, 0.4) is 0 Å². The SMILES string of the molecule is CC=CC=CC(C)=C(C(=O)O)c1ccc2c(c1)C(C)(C)CC2(C)C. The molecule has 1 aliphatic rings. The summed E-state index contributed by atoms with van der Waals surface area (Å²) in [5.41, 5.74) is 4.72. The van der Waals surface area contributed by atoms with Gasteiger partial charge in [-0.1, -0.05) is 70.2 Å². The standard InChI is InChI=1S/C22H28O2/c1-7-8-9-10-15(2)19(20(23)24)16-11-12-17-18(13-16)22(5,6)14-21(17,3)4/h7-13H,14H2,1-6H3,(H,23,24). The summed E-state index contributed by atoms with van der Waals surface area (Å²) in [6.45, 7) is 12.8. The molecule has 0 saturated carbocycles. The maximum absolute atomic E-state index is 11.9. The van der Waals surface area contributed by atoms with Gasteiger partial charge in [-0.3, -0.25) is 0 Å². The molecular formula is C22H28O2. The lowest BCUT2D eigenvalue weighted by Crippen LogP contribution is -2.18. The fourth-order valence-corrected chi connectivity index (χ4v) is 4.06. The van der Waals surface area contributed by atoms with Crippen LogP contribution >= 0.6 is 0 Å². The maximum Gasteiger partial charge on any atom is 0.336 e. The van der Waals surface area contributed by atoms with Crippen molar-refractivity contribution in [3.8, 4) is 0 Å². The van der Waals surface area contributed by atoms with Crippen molar-refractivity contribution >= 4 is 11.5 Å². The summed E-state index contributed by atoms with van der Waals surface area (Å²) in [6, 6.07) is 6.16. The van der Waals surface area contributed by atoms with E-state index in [-0.39, 0.29) is 10.8 Å². The summed E-state index contributed by atoms with van der Waals surface area (Å²) >= 11 is 0. The Labute approximate surface area is 145 Å². The molecule has 0 aliphatic heterocycles. The molecular weight excluding hydrogens is 296 g/mol. The highest BCUT2D eigenvalue weighted by molar-refractivity contribution is 6.17. The molecule has 0 fully saturated rings. The lowest BCUT2D eigenvalue weighted by molar-refractivity contribution is -0.130. The number of carboxylic acid groups (broad SMARTS) is 1. The zero-order valence-corrected chi connectivity index (χ0v) is 15.6. The van der Waals surface area contributed by atoms with E-state index in [4.69, 9.17) is 0 Å². The van der Waals surface area contributed by atoms with Gasteiger partial charge in [-0.2, -0.15) is 0 Å². The first kappa shape index (κ1) is 18.3. The predicted molar refractivity (Wildman–Crippen MR) is 101 cm³/mol. The van der Waals surface area contributed by atoms with Gasteiger partial charge in [-0.15, -0.1) is 0 Å². The number of hydrogen-bond acceptors (Lipinski definition) is 1. The van der Waals surface area contributed by atoms with Gasteiger partial charge in [-0.25, -0.2) is 4.79 Å². The monoisotopic (exact) mass is 324 g/mol. The molecule has 0 atom stereocenters. The van der Waals surface area contributed by atoms with Crippen LogP contribution in [-0.4, -0.2) is 11.1 Å². The number of benzene rings is 1. The Morgan fingerprint density at radius 3 is 2.29 bits per heavy atom. The van der Waals surface area contributed by atoms with Crippen molar-refractivity contribution in [3.63, 3.8) is 0 Å². The number of rotatable bonds is 4. The van der Waals surface area contributed by atoms with E-state index in [9.17, 15) is 9.90 Å². The Bertz CT molecular complexity index is 743. The Hall–Kier alpha value is -2.09. The van der Waals surface area contributed by atoms with Gasteiger partial charge in [0.2, 0.25) is 0 Å². The van der Waals surface area contributed by atoms with E-state index in [1.807, 2.05) is 44.2 Å². The van der Waals surface area contributed by atoms with Crippen LogP contribution in [0.15, 0.2) is 48.1 Å². The molecule has 2 rings (SSSR count). The fourth-order valence-electron chi connectivity index (χ4n) is 4.06. The number of fused-ring (bicyclic) bond motifs is 1. The van der Waals surface area contributed by atoms with E-state index in [1.165, 1.54) is 11.1 Å². The largest absolute Gasteiger partial charge is 0.478 e. The minimum atomic E-state index is -0.882. The Morgan fingerprint density at radius 1 is 1.08 bits per heavy atom. The number of carboxylic acids is 1. The zero-order chi connectivity index (χ0) is 18.1. The highest BCUT2D eigenvalue weighted by atomic mass is 16.4. The summed E-state index contributed by atoms with van der Waals surface area (Å²) in [6.07, 6.45) is 8.62. The normalized spacial score (nSPS) is 19.6. The topological polar surface area (TPSA) is 37.3 Å². The molecule has 2 heteroatoms. The van der Waals surface area contributed by atoms with Crippen molar-refractivity contribution in [1.82, 2.24) is 0 Å². The van der Waals surface area contributed by atoms with Gasteiger partial charge < -0.3 is 5.11 Å². The van der Waals surface area contributed by atoms with Crippen molar-refractivity contribution in [2.75, 3.05) is 0 Å². The van der Waals surface area contributed by atoms with E-state index >= 15 is 0 Å². The molecule has 0 spiro atoms. The minimum absolute atomic E-state index is 0.0626. The summed E-state index contributed by atoms with van der Waals surface area (Å²) in [5.74, 6) is -0.882. The molecule has 2 nitrogen and oxygen atoms in total. The summed E-state index contributed by atoms with van der Waals surface area (Å²) < 4.78 is 0. The van der Waals surface area contributed by atoms with Gasteiger partial charge in [0, 0.05) is 0 Å². The van der Waals surface area contributed by atoms with Crippen molar-refractivity contribution < 1.29 is 9.90 Å². The fraction of sp³-hybridized carbons (Fsp3) is 0.409. The second kappa shape index (κ2) is 6.43. The molecule has 0 bridgehead atoms. The highest BCUT2D eigenvalue weighted by Crippen LogP contribution is 2.49. The third kappa shape index (κ3) is 3.38. The van der Waals surface area contributed by atoms with Crippen LogP contribution in [0.5, 0.6) is 0 Å². The summed E-state index contributed by atoms with van der Waals surface area (Å²) in [7, 11) is 0. The Morgan fingerprint density at radius 2 is 1.71 bits per heavy atom. The minimum Gasteiger partial charge on any atom is -0.478 e. The molecule has 1 aromatic rings. The molecule has 0 amide bonds. The number of carbonyl (C=O) groups is 1. The van der Waals surface area contributed by atoms with Crippen LogP contribution < -0.4 is 0 Å². The summed E-state index contributed by atoms with van der Waals surface area (Å²) in [4.78, 5) is 11.9. The van der Waals surface area contributed by atoms with Crippen LogP contribution in [0.1, 0.15) is 64.7 Å². The molecule has 1 aliphatic carbocycles. The average molecular weight is 324 g/mol. The van der Waals surface area contributed by atoms with Crippen molar-refractivity contribution in [3.05, 3.63) is 64.8 Å². The second-order valence-corrected chi connectivity index (χ2v) is 7.95. The number of hydrogen-bond donors (Lipinski definition) is 1. The van der Waals surface area contributed by atoms with Crippen molar-refractivity contribution in [2.45, 2.75) is 58.8 Å². The van der Waals surface area contributed by atoms with Gasteiger partial charge in [-0.05, 0) is 53.4 Å². The van der Waals surface area contributed by atoms with E-state index in [1.54, 1.807) is 0 Å². The third-order valence-electron chi connectivity index (χ3n) is 4.91. The first-order valence-electron chi connectivity index (χ1n) is 8.49. The third-order valence-corrected chi connectivity index (χ3v) is 4.91. The van der Waals surface area contributed by atoms with Gasteiger partial charge >= 0.3 is 5.97 Å². The molecule has 128 valence electrons. The first-order chi connectivity index (χ1) is 11.1. The van der Waals surface area contributed by atoms with E-state index in [2.05, 4.69) is 39.8 Å².